The minimum absolute atomic E-state index is 0.365. The summed E-state index contributed by atoms with van der Waals surface area (Å²) >= 11 is 0. The topological polar surface area (TPSA) is 82.9 Å². The van der Waals surface area contributed by atoms with Crippen molar-refractivity contribution in [2.24, 2.45) is 0 Å². The van der Waals surface area contributed by atoms with Crippen LogP contribution in [0.15, 0.2) is 24.3 Å². The van der Waals surface area contributed by atoms with E-state index in [0.29, 0.717) is 17.9 Å². The third-order valence-electron chi connectivity index (χ3n) is 3.21. The van der Waals surface area contributed by atoms with E-state index in [0.717, 1.165) is 19.6 Å². The van der Waals surface area contributed by atoms with Crippen molar-refractivity contribution in [3.8, 4) is 5.75 Å². The summed E-state index contributed by atoms with van der Waals surface area (Å²) in [6, 6.07) is 6.68. The summed E-state index contributed by atoms with van der Waals surface area (Å²) in [5.41, 5.74) is 0.365. The molecule has 1 aromatic rings. The smallest absolute Gasteiger partial charge is 0.251 e. The highest BCUT2D eigenvalue weighted by molar-refractivity contribution is 5.95. The van der Waals surface area contributed by atoms with Crippen molar-refractivity contribution in [1.82, 2.24) is 5.32 Å². The fourth-order valence-corrected chi connectivity index (χ4v) is 1.90. The Labute approximate surface area is 124 Å². The van der Waals surface area contributed by atoms with Gasteiger partial charge in [-0.1, -0.05) is 6.07 Å². The second kappa shape index (κ2) is 8.97. The molecule has 116 valence electrons. The number of rotatable bonds is 9. The summed E-state index contributed by atoms with van der Waals surface area (Å²) in [5.74, 6) is -1.18. The normalized spacial score (nSPS) is 10.4. The van der Waals surface area contributed by atoms with Gasteiger partial charge in [0.15, 0.2) is 0 Å². The molecule has 0 aliphatic carbocycles. The van der Waals surface area contributed by atoms with Gasteiger partial charge in [-0.05, 0) is 32.0 Å². The first-order valence-electron chi connectivity index (χ1n) is 7.11. The maximum atomic E-state index is 11.7. The van der Waals surface area contributed by atoms with Gasteiger partial charge in [-0.15, -0.1) is 0 Å². The highest BCUT2D eigenvalue weighted by Crippen LogP contribution is 2.12. The number of nitrogens with one attached hydrogen (secondary N) is 2. The second-order valence-electron chi connectivity index (χ2n) is 4.64. The van der Waals surface area contributed by atoms with E-state index in [1.54, 1.807) is 24.3 Å². The van der Waals surface area contributed by atoms with E-state index in [4.69, 9.17) is 4.74 Å². The molecule has 1 amide bonds. The zero-order chi connectivity index (χ0) is 15.7. The van der Waals surface area contributed by atoms with Crippen molar-refractivity contribution in [3.05, 3.63) is 29.8 Å². The Bertz CT molecular complexity index is 472. The Balaban J connectivity index is 2.52. The van der Waals surface area contributed by atoms with Gasteiger partial charge >= 0.3 is 0 Å². The standard InChI is InChI=1S/C15H22N2O4/c1-3-17(4-2)8-9-21-13-7-5-6-12(10-13)15(20)16-11-14(18)19/h5-7,10H,3-4,8-9,11H2,1-2H3,(H,16,20)(H,18,19). The van der Waals surface area contributed by atoms with Crippen molar-refractivity contribution >= 4 is 11.9 Å². The molecule has 2 N–H and O–H groups in total. The van der Waals surface area contributed by atoms with Crippen molar-refractivity contribution in [1.29, 1.82) is 0 Å². The molecule has 0 aliphatic heterocycles. The zero-order valence-electron chi connectivity index (χ0n) is 12.5. The monoisotopic (exact) mass is 294 g/mol. The third-order valence-corrected chi connectivity index (χ3v) is 3.21. The molecule has 0 bridgehead atoms. The van der Waals surface area contributed by atoms with Crippen molar-refractivity contribution in [2.45, 2.75) is 13.8 Å². The molecule has 0 spiro atoms. The summed E-state index contributed by atoms with van der Waals surface area (Å²) in [5, 5.41) is 12.6. The van der Waals surface area contributed by atoms with Gasteiger partial charge in [-0.25, -0.2) is 0 Å². The molecule has 0 saturated carbocycles. The van der Waals surface area contributed by atoms with Gasteiger partial charge in [0.2, 0.25) is 0 Å². The Morgan fingerprint density at radius 3 is 2.62 bits per heavy atom. The lowest BCUT2D eigenvalue weighted by Gasteiger charge is -2.15. The summed E-state index contributed by atoms with van der Waals surface area (Å²) in [6.07, 6.45) is 0. The number of carboxylic acids is 1. The average molecular weight is 294 g/mol. The zero-order valence-corrected chi connectivity index (χ0v) is 12.5. The highest BCUT2D eigenvalue weighted by atomic mass is 16.5. The molecule has 21 heavy (non-hydrogen) atoms. The molecule has 6 nitrogen and oxygen atoms in total. The molecule has 0 aliphatic rings. The van der Waals surface area contributed by atoms with E-state index in [1.807, 2.05) is 0 Å². The van der Waals surface area contributed by atoms with Crippen LogP contribution in [0.3, 0.4) is 0 Å². The molecule has 0 radical (unpaired) electrons. The number of likely N-dealkylation sites (N-methyl/N-ethyl adjacent to an activating group) is 1. The Morgan fingerprint density at radius 1 is 1.29 bits per heavy atom. The van der Waals surface area contributed by atoms with Gasteiger partial charge in [-0.3, -0.25) is 4.79 Å². The molecule has 0 aromatic heterocycles. The first-order chi connectivity index (χ1) is 10.1. The van der Waals surface area contributed by atoms with E-state index < -0.39 is 18.4 Å². The van der Waals surface area contributed by atoms with Gasteiger partial charge in [0.25, 0.3) is 5.91 Å². The van der Waals surface area contributed by atoms with Crippen molar-refractivity contribution < 1.29 is 24.3 Å². The van der Waals surface area contributed by atoms with Gasteiger partial charge < -0.3 is 24.9 Å². The van der Waals surface area contributed by atoms with Crippen LogP contribution in [0.4, 0.5) is 0 Å². The van der Waals surface area contributed by atoms with Crippen LogP contribution in [0.5, 0.6) is 5.75 Å². The third kappa shape index (κ3) is 6.27. The number of benzene rings is 1. The van der Waals surface area contributed by atoms with E-state index in [1.165, 1.54) is 4.90 Å². The predicted molar refractivity (Wildman–Crippen MR) is 76.2 cm³/mol. The number of aliphatic carboxylic acids is 1. The SMILES string of the molecule is CC[NH+](CC)CCOc1cccc(C(=O)NCC(=O)[O-])c1. The van der Waals surface area contributed by atoms with Crippen LogP contribution in [0, 0.1) is 0 Å². The van der Waals surface area contributed by atoms with Crippen molar-refractivity contribution in [2.75, 3.05) is 32.8 Å². The average Bonchev–Trinajstić information content (AvgIpc) is 2.49. The summed E-state index contributed by atoms with van der Waals surface area (Å²) in [4.78, 5) is 23.5. The fraction of sp³-hybridized carbons (Fsp3) is 0.467. The van der Waals surface area contributed by atoms with Crippen LogP contribution in [0.2, 0.25) is 0 Å². The minimum Gasteiger partial charge on any atom is -0.548 e. The lowest BCUT2D eigenvalue weighted by atomic mass is 10.2. The highest BCUT2D eigenvalue weighted by Gasteiger charge is 2.07. The summed E-state index contributed by atoms with van der Waals surface area (Å²) in [6.45, 7) is 7.31. The molecular formula is C15H22N2O4. The van der Waals surface area contributed by atoms with Crippen LogP contribution >= 0.6 is 0 Å². The molecule has 0 atom stereocenters. The number of carbonyl (C=O) groups is 2. The first kappa shape index (κ1) is 17.0. The number of ether oxygens (including phenoxy) is 1. The van der Waals surface area contributed by atoms with Crippen LogP contribution in [0.25, 0.3) is 0 Å². The maximum absolute atomic E-state index is 11.7. The van der Waals surface area contributed by atoms with Crippen LogP contribution in [-0.2, 0) is 4.79 Å². The summed E-state index contributed by atoms with van der Waals surface area (Å²) in [7, 11) is 0. The van der Waals surface area contributed by atoms with Gasteiger partial charge in [0, 0.05) is 5.56 Å². The molecular weight excluding hydrogens is 272 g/mol. The number of carboxylic acid groups (broad SMARTS) is 1. The van der Waals surface area contributed by atoms with Crippen LogP contribution in [0.1, 0.15) is 24.2 Å². The van der Waals surface area contributed by atoms with Gasteiger partial charge in [0.1, 0.15) is 18.9 Å². The molecule has 0 heterocycles. The lowest BCUT2D eigenvalue weighted by molar-refractivity contribution is -0.896. The van der Waals surface area contributed by atoms with Crippen LogP contribution < -0.4 is 20.1 Å². The molecule has 1 aromatic carbocycles. The lowest BCUT2D eigenvalue weighted by Crippen LogP contribution is -3.12. The molecule has 6 heteroatoms. The number of amides is 1. The molecule has 0 unspecified atom stereocenters. The largest absolute Gasteiger partial charge is 0.548 e. The first-order valence-corrected chi connectivity index (χ1v) is 7.11. The minimum atomic E-state index is -1.32. The Kier molecular flexibility index (Phi) is 7.25. The molecule has 1 rings (SSSR count). The Hall–Kier alpha value is -2.08. The van der Waals surface area contributed by atoms with E-state index in [9.17, 15) is 14.7 Å². The molecule has 0 fully saturated rings. The van der Waals surface area contributed by atoms with E-state index in [2.05, 4.69) is 19.2 Å². The number of quaternary nitrogens is 1. The quantitative estimate of drug-likeness (QED) is 0.579. The van der Waals surface area contributed by atoms with Gasteiger partial charge in [0.05, 0.1) is 25.6 Å². The van der Waals surface area contributed by atoms with Gasteiger partial charge in [-0.2, -0.15) is 0 Å². The van der Waals surface area contributed by atoms with E-state index >= 15 is 0 Å². The van der Waals surface area contributed by atoms with E-state index in [-0.39, 0.29) is 0 Å². The van der Waals surface area contributed by atoms with Crippen molar-refractivity contribution in [3.63, 3.8) is 0 Å². The predicted octanol–water partition coefficient (Wildman–Crippen LogP) is -1.53. The second-order valence-corrected chi connectivity index (χ2v) is 4.64. The Morgan fingerprint density at radius 2 is 2.00 bits per heavy atom. The van der Waals surface area contributed by atoms with Crippen LogP contribution in [-0.4, -0.2) is 44.7 Å². The molecule has 0 saturated heterocycles. The maximum Gasteiger partial charge on any atom is 0.251 e. The number of hydrogen-bond acceptors (Lipinski definition) is 4. The number of carbonyl (C=O) groups excluding carboxylic acids is 2. The number of hydrogen-bond donors (Lipinski definition) is 2. The fourth-order valence-electron chi connectivity index (χ4n) is 1.90. The summed E-state index contributed by atoms with van der Waals surface area (Å²) < 4.78 is 5.63.